The maximum Gasteiger partial charge on any atom is 0.261 e. The van der Waals surface area contributed by atoms with E-state index >= 15 is 0 Å². The number of rotatable bonds is 2. The normalized spacial score (nSPS) is 22.7. The van der Waals surface area contributed by atoms with Crippen LogP contribution in [0.1, 0.15) is 47.8 Å². The number of carbonyl (C=O) groups is 1. The van der Waals surface area contributed by atoms with Crippen LogP contribution in [0.5, 0.6) is 5.75 Å². The molecule has 1 aromatic carbocycles. The van der Waals surface area contributed by atoms with E-state index in [2.05, 4.69) is 18.3 Å². The molecule has 0 spiro atoms. The summed E-state index contributed by atoms with van der Waals surface area (Å²) in [5, 5.41) is 3.25. The van der Waals surface area contributed by atoms with Crippen molar-refractivity contribution in [3.63, 3.8) is 0 Å². The van der Waals surface area contributed by atoms with Crippen LogP contribution in [0.4, 0.5) is 0 Å². The van der Waals surface area contributed by atoms with Gasteiger partial charge in [-0.1, -0.05) is 31.9 Å². The van der Waals surface area contributed by atoms with Crippen LogP contribution in [0.25, 0.3) is 10.4 Å². The predicted molar refractivity (Wildman–Crippen MR) is 93.0 cm³/mol. The zero-order chi connectivity index (χ0) is 15.8. The van der Waals surface area contributed by atoms with Gasteiger partial charge in [-0.15, -0.1) is 11.3 Å². The molecule has 23 heavy (non-hydrogen) atoms. The van der Waals surface area contributed by atoms with Gasteiger partial charge in [-0.2, -0.15) is 0 Å². The predicted octanol–water partition coefficient (Wildman–Crippen LogP) is 4.62. The first-order chi connectivity index (χ1) is 11.2. The lowest BCUT2D eigenvalue weighted by Gasteiger charge is -2.29. The molecule has 1 N–H and O–H groups in total. The van der Waals surface area contributed by atoms with Gasteiger partial charge in [-0.25, -0.2) is 0 Å². The Morgan fingerprint density at radius 1 is 1.26 bits per heavy atom. The van der Waals surface area contributed by atoms with Crippen LogP contribution in [0.15, 0.2) is 30.3 Å². The van der Waals surface area contributed by atoms with Gasteiger partial charge in [0.2, 0.25) is 0 Å². The van der Waals surface area contributed by atoms with Crippen molar-refractivity contribution in [2.45, 2.75) is 45.3 Å². The van der Waals surface area contributed by atoms with Crippen LogP contribution in [0.2, 0.25) is 0 Å². The van der Waals surface area contributed by atoms with Gasteiger partial charge in [0.1, 0.15) is 12.4 Å². The lowest BCUT2D eigenvalue weighted by atomic mass is 9.86. The van der Waals surface area contributed by atoms with Gasteiger partial charge in [0.25, 0.3) is 5.91 Å². The number of amides is 1. The van der Waals surface area contributed by atoms with Crippen LogP contribution in [0, 0.1) is 5.92 Å². The van der Waals surface area contributed by atoms with E-state index in [4.69, 9.17) is 4.74 Å². The van der Waals surface area contributed by atoms with E-state index in [1.54, 1.807) is 11.3 Å². The fraction of sp³-hybridized carbons (Fsp3) is 0.421. The number of para-hydroxylation sites is 1. The first-order valence-electron chi connectivity index (χ1n) is 8.38. The molecule has 2 atom stereocenters. The average molecular weight is 327 g/mol. The summed E-state index contributed by atoms with van der Waals surface area (Å²) < 4.78 is 5.78. The van der Waals surface area contributed by atoms with Crippen molar-refractivity contribution in [3.05, 3.63) is 40.8 Å². The summed E-state index contributed by atoms with van der Waals surface area (Å²) in [5.74, 6) is 1.56. The second-order valence-corrected chi connectivity index (χ2v) is 7.64. The number of ether oxygens (including phenoxy) is 1. The molecule has 1 aliphatic carbocycles. The second kappa shape index (κ2) is 6.00. The van der Waals surface area contributed by atoms with Crippen LogP contribution >= 0.6 is 11.3 Å². The lowest BCUT2D eigenvalue weighted by molar-refractivity contribution is 0.0914. The maximum atomic E-state index is 12.6. The molecular weight excluding hydrogens is 306 g/mol. The monoisotopic (exact) mass is 327 g/mol. The number of nitrogens with one attached hydrogen (secondary N) is 1. The van der Waals surface area contributed by atoms with E-state index in [0.29, 0.717) is 18.6 Å². The Kier molecular flexibility index (Phi) is 3.85. The molecule has 2 heterocycles. The topological polar surface area (TPSA) is 38.3 Å². The quantitative estimate of drug-likeness (QED) is 0.874. The van der Waals surface area contributed by atoms with Crippen molar-refractivity contribution in [2.24, 2.45) is 5.92 Å². The van der Waals surface area contributed by atoms with Gasteiger partial charge in [0, 0.05) is 22.0 Å². The summed E-state index contributed by atoms with van der Waals surface area (Å²) >= 11 is 1.58. The summed E-state index contributed by atoms with van der Waals surface area (Å²) in [4.78, 5) is 14.6. The largest absolute Gasteiger partial charge is 0.488 e. The standard InChI is InChI=1S/C19H21NO2S/c1-12-6-2-4-8-15(12)20-19(21)17-10-13-11-22-16-9-5-3-7-14(16)18(13)23-17/h3,5,7,9-10,12,15H,2,4,6,8,11H2,1H3,(H,20,21)/t12-,15-/m0/s1. The van der Waals surface area contributed by atoms with Gasteiger partial charge in [-0.3, -0.25) is 4.79 Å². The molecule has 0 radical (unpaired) electrons. The zero-order valence-corrected chi connectivity index (χ0v) is 14.1. The number of benzene rings is 1. The van der Waals surface area contributed by atoms with Crippen LogP contribution in [0.3, 0.4) is 0 Å². The Hall–Kier alpha value is -1.81. The van der Waals surface area contributed by atoms with Crippen molar-refractivity contribution in [1.29, 1.82) is 0 Å². The van der Waals surface area contributed by atoms with Crippen molar-refractivity contribution in [1.82, 2.24) is 5.32 Å². The Bertz CT molecular complexity index is 737. The molecule has 1 amide bonds. The lowest BCUT2D eigenvalue weighted by Crippen LogP contribution is -2.40. The highest BCUT2D eigenvalue weighted by molar-refractivity contribution is 7.17. The third kappa shape index (κ3) is 2.76. The Balaban J connectivity index is 1.57. The van der Waals surface area contributed by atoms with Gasteiger partial charge >= 0.3 is 0 Å². The highest BCUT2D eigenvalue weighted by atomic mass is 32.1. The number of fused-ring (bicyclic) bond motifs is 3. The first-order valence-corrected chi connectivity index (χ1v) is 9.20. The third-order valence-corrected chi connectivity index (χ3v) is 6.19. The Labute approximate surface area is 140 Å². The number of hydrogen-bond acceptors (Lipinski definition) is 3. The molecule has 0 bridgehead atoms. The van der Waals surface area contributed by atoms with Crippen molar-refractivity contribution < 1.29 is 9.53 Å². The summed E-state index contributed by atoms with van der Waals surface area (Å²) in [6.07, 6.45) is 4.82. The summed E-state index contributed by atoms with van der Waals surface area (Å²) in [6, 6.07) is 10.4. The van der Waals surface area contributed by atoms with Crippen molar-refractivity contribution in [2.75, 3.05) is 0 Å². The number of carbonyl (C=O) groups excluding carboxylic acids is 1. The molecule has 3 nitrogen and oxygen atoms in total. The highest BCUT2D eigenvalue weighted by Crippen LogP contribution is 2.42. The number of thiophene rings is 1. The fourth-order valence-corrected chi connectivity index (χ4v) is 4.68. The molecule has 4 heteroatoms. The van der Waals surface area contributed by atoms with Crippen molar-refractivity contribution >= 4 is 17.2 Å². The van der Waals surface area contributed by atoms with Gasteiger partial charge < -0.3 is 10.1 Å². The minimum absolute atomic E-state index is 0.0700. The van der Waals surface area contributed by atoms with Crippen LogP contribution in [-0.4, -0.2) is 11.9 Å². The fourth-order valence-electron chi connectivity index (χ4n) is 3.58. The number of hydrogen-bond donors (Lipinski definition) is 1. The van der Waals surface area contributed by atoms with Gasteiger partial charge in [0.15, 0.2) is 0 Å². The molecule has 2 aliphatic rings. The molecular formula is C19H21NO2S. The molecule has 4 rings (SSSR count). The summed E-state index contributed by atoms with van der Waals surface area (Å²) in [6.45, 7) is 2.80. The summed E-state index contributed by atoms with van der Waals surface area (Å²) in [5.41, 5.74) is 2.22. The van der Waals surface area contributed by atoms with E-state index in [1.807, 2.05) is 24.3 Å². The van der Waals surface area contributed by atoms with Crippen LogP contribution < -0.4 is 10.1 Å². The molecule has 2 aromatic rings. The van der Waals surface area contributed by atoms with E-state index in [1.165, 1.54) is 24.1 Å². The molecule has 0 unspecified atom stereocenters. The molecule has 120 valence electrons. The maximum absolute atomic E-state index is 12.6. The molecule has 0 saturated heterocycles. The summed E-state index contributed by atoms with van der Waals surface area (Å²) in [7, 11) is 0. The molecule has 1 saturated carbocycles. The van der Waals surface area contributed by atoms with E-state index in [9.17, 15) is 4.79 Å². The first kappa shape index (κ1) is 14.8. The van der Waals surface area contributed by atoms with E-state index < -0.39 is 0 Å². The van der Waals surface area contributed by atoms with Crippen LogP contribution in [-0.2, 0) is 6.61 Å². The van der Waals surface area contributed by atoms with E-state index in [-0.39, 0.29) is 5.91 Å². The van der Waals surface area contributed by atoms with E-state index in [0.717, 1.165) is 28.2 Å². The smallest absolute Gasteiger partial charge is 0.261 e. The average Bonchev–Trinajstić information content (AvgIpc) is 3.02. The zero-order valence-electron chi connectivity index (χ0n) is 13.3. The SMILES string of the molecule is C[C@H]1CCCC[C@@H]1NC(=O)c1cc2c(s1)-c1ccccc1OC2. The Morgan fingerprint density at radius 3 is 2.96 bits per heavy atom. The molecule has 1 aliphatic heterocycles. The van der Waals surface area contributed by atoms with Gasteiger partial charge in [-0.05, 0) is 37.0 Å². The highest BCUT2D eigenvalue weighted by Gasteiger charge is 2.26. The minimum atomic E-state index is 0.0700. The molecule has 1 fully saturated rings. The third-order valence-electron chi connectivity index (χ3n) is 4.98. The van der Waals surface area contributed by atoms with Crippen molar-refractivity contribution in [3.8, 4) is 16.2 Å². The van der Waals surface area contributed by atoms with Gasteiger partial charge in [0.05, 0.1) is 4.88 Å². The minimum Gasteiger partial charge on any atom is -0.488 e. The second-order valence-electron chi connectivity index (χ2n) is 6.59. The Morgan fingerprint density at radius 2 is 2.09 bits per heavy atom. The molecule has 1 aromatic heterocycles.